The van der Waals surface area contributed by atoms with Gasteiger partial charge in [0.05, 0.1) is 36.3 Å². The van der Waals surface area contributed by atoms with Gasteiger partial charge in [0.25, 0.3) is 11.6 Å². The third-order valence-electron chi connectivity index (χ3n) is 3.91. The molecule has 22 heavy (non-hydrogen) atoms. The molecule has 0 bridgehead atoms. The first kappa shape index (κ1) is 14.6. The summed E-state index contributed by atoms with van der Waals surface area (Å²) in [5.41, 5.74) is 0.105. The molecule has 0 aromatic heterocycles. The summed E-state index contributed by atoms with van der Waals surface area (Å²) in [6.45, 7) is 2.28. The first-order chi connectivity index (χ1) is 10.6. The lowest BCUT2D eigenvalue weighted by Gasteiger charge is -2.30. The number of non-ortho nitro benzene ring substituents is 1. The first-order valence-corrected chi connectivity index (χ1v) is 7.01. The third-order valence-corrected chi connectivity index (χ3v) is 3.91. The minimum absolute atomic E-state index is 0.0987. The van der Waals surface area contributed by atoms with E-state index in [4.69, 9.17) is 4.74 Å². The highest BCUT2D eigenvalue weighted by molar-refractivity contribution is 6.22. The topological polar surface area (TPSA) is 93.0 Å². The summed E-state index contributed by atoms with van der Waals surface area (Å²) in [7, 11) is 0. The second-order valence-corrected chi connectivity index (χ2v) is 5.21. The van der Waals surface area contributed by atoms with Crippen LogP contribution in [-0.4, -0.2) is 54.0 Å². The Kier molecular flexibility index (Phi) is 3.86. The number of hydrogen-bond donors (Lipinski definition) is 0. The summed E-state index contributed by atoms with van der Waals surface area (Å²) in [6, 6.07) is 5.07. The smallest absolute Gasteiger partial charge is 0.271 e. The minimum Gasteiger partial charge on any atom is -0.379 e. The van der Waals surface area contributed by atoms with E-state index in [-0.39, 0.29) is 29.6 Å². The lowest BCUT2D eigenvalue weighted by molar-refractivity contribution is -0.384. The molecule has 1 aromatic carbocycles. The molecule has 0 radical (unpaired) electrons. The van der Waals surface area contributed by atoms with Gasteiger partial charge in [-0.25, -0.2) is 4.90 Å². The van der Waals surface area contributed by atoms with Gasteiger partial charge in [-0.15, -0.1) is 0 Å². The number of nitro benzene ring substituents is 1. The Morgan fingerprint density at radius 1 is 1.23 bits per heavy atom. The van der Waals surface area contributed by atoms with E-state index in [1.807, 2.05) is 4.90 Å². The van der Waals surface area contributed by atoms with Crippen LogP contribution in [0.25, 0.3) is 0 Å². The van der Waals surface area contributed by atoms with Gasteiger partial charge in [0.2, 0.25) is 5.91 Å². The van der Waals surface area contributed by atoms with Crippen molar-refractivity contribution >= 4 is 23.2 Å². The Hall–Kier alpha value is -2.32. The maximum absolute atomic E-state index is 12.5. The van der Waals surface area contributed by atoms with Crippen LogP contribution in [0, 0.1) is 10.1 Å². The maximum Gasteiger partial charge on any atom is 0.271 e. The lowest BCUT2D eigenvalue weighted by Crippen LogP contribution is -2.47. The predicted octanol–water partition coefficient (Wildman–Crippen LogP) is 0.559. The molecule has 2 heterocycles. The van der Waals surface area contributed by atoms with Gasteiger partial charge in [-0.2, -0.15) is 0 Å². The number of nitro groups is 1. The molecule has 116 valence electrons. The van der Waals surface area contributed by atoms with Gasteiger partial charge < -0.3 is 4.74 Å². The number of carbonyl (C=O) groups is 2. The van der Waals surface area contributed by atoms with E-state index in [2.05, 4.69) is 0 Å². The summed E-state index contributed by atoms with van der Waals surface area (Å²) < 4.78 is 5.25. The van der Waals surface area contributed by atoms with Crippen LogP contribution < -0.4 is 4.90 Å². The summed E-state index contributed by atoms with van der Waals surface area (Å²) in [5, 5.41) is 10.8. The van der Waals surface area contributed by atoms with Crippen LogP contribution in [0.5, 0.6) is 0 Å². The fourth-order valence-corrected chi connectivity index (χ4v) is 2.81. The SMILES string of the molecule is O=C1CC(N2CCOCC2)C(=O)N1c1cccc([N+](=O)[O-])c1. The number of amides is 2. The van der Waals surface area contributed by atoms with Crippen molar-refractivity contribution in [1.82, 2.24) is 4.90 Å². The Bertz CT molecular complexity index is 627. The van der Waals surface area contributed by atoms with Gasteiger partial charge in [-0.3, -0.25) is 24.6 Å². The molecule has 2 amide bonds. The molecule has 2 aliphatic rings. The molecule has 1 unspecified atom stereocenters. The van der Waals surface area contributed by atoms with E-state index in [1.165, 1.54) is 24.3 Å². The molecular weight excluding hydrogens is 290 g/mol. The number of anilines is 1. The second-order valence-electron chi connectivity index (χ2n) is 5.21. The van der Waals surface area contributed by atoms with Crippen molar-refractivity contribution in [1.29, 1.82) is 0 Å². The average Bonchev–Trinajstić information content (AvgIpc) is 2.83. The van der Waals surface area contributed by atoms with E-state index < -0.39 is 11.0 Å². The molecule has 0 saturated carbocycles. The molecule has 2 aliphatic heterocycles. The van der Waals surface area contributed by atoms with Crippen LogP contribution in [0.2, 0.25) is 0 Å². The van der Waals surface area contributed by atoms with Crippen molar-refractivity contribution in [2.75, 3.05) is 31.2 Å². The number of hydrogen-bond acceptors (Lipinski definition) is 6. The second kappa shape index (κ2) is 5.82. The van der Waals surface area contributed by atoms with Crippen LogP contribution in [0.15, 0.2) is 24.3 Å². The van der Waals surface area contributed by atoms with Gasteiger partial charge in [0.15, 0.2) is 0 Å². The van der Waals surface area contributed by atoms with E-state index in [9.17, 15) is 19.7 Å². The monoisotopic (exact) mass is 305 g/mol. The number of morpholine rings is 1. The van der Waals surface area contributed by atoms with E-state index in [0.29, 0.717) is 26.3 Å². The number of imide groups is 1. The Balaban J connectivity index is 1.85. The molecule has 0 aliphatic carbocycles. The standard InChI is InChI=1S/C14H15N3O5/c18-13-9-12(15-4-6-22-7-5-15)14(19)16(13)10-2-1-3-11(8-10)17(20)21/h1-3,8,12H,4-7,9H2. The first-order valence-electron chi connectivity index (χ1n) is 7.01. The third kappa shape index (κ3) is 2.58. The van der Waals surface area contributed by atoms with Gasteiger partial charge >= 0.3 is 0 Å². The van der Waals surface area contributed by atoms with Crippen molar-refractivity contribution in [3.05, 3.63) is 34.4 Å². The summed E-state index contributed by atoms with van der Waals surface area (Å²) in [4.78, 5) is 38.0. The highest BCUT2D eigenvalue weighted by Crippen LogP contribution is 2.28. The predicted molar refractivity (Wildman–Crippen MR) is 76.4 cm³/mol. The van der Waals surface area contributed by atoms with Gasteiger partial charge in [0.1, 0.15) is 0 Å². The Morgan fingerprint density at radius 3 is 2.64 bits per heavy atom. The number of ether oxygens (including phenoxy) is 1. The van der Waals surface area contributed by atoms with Crippen LogP contribution >= 0.6 is 0 Å². The van der Waals surface area contributed by atoms with Gasteiger partial charge in [-0.05, 0) is 6.07 Å². The molecule has 2 saturated heterocycles. The van der Waals surface area contributed by atoms with Gasteiger partial charge in [-0.1, -0.05) is 6.07 Å². The molecule has 2 fully saturated rings. The number of rotatable bonds is 3. The summed E-state index contributed by atoms with van der Waals surface area (Å²) >= 11 is 0. The number of nitrogens with zero attached hydrogens (tertiary/aromatic N) is 3. The zero-order chi connectivity index (χ0) is 15.7. The van der Waals surface area contributed by atoms with Crippen LogP contribution in [0.3, 0.4) is 0 Å². The molecular formula is C14H15N3O5. The highest BCUT2D eigenvalue weighted by Gasteiger charge is 2.43. The average molecular weight is 305 g/mol. The van der Waals surface area contributed by atoms with E-state index in [1.54, 1.807) is 0 Å². The summed E-state index contributed by atoms with van der Waals surface area (Å²) in [5.74, 6) is -0.658. The number of carbonyl (C=O) groups excluding carboxylic acids is 2. The maximum atomic E-state index is 12.5. The zero-order valence-corrected chi connectivity index (χ0v) is 11.8. The quantitative estimate of drug-likeness (QED) is 0.460. The minimum atomic E-state index is -0.548. The normalized spacial score (nSPS) is 23.1. The molecule has 1 atom stereocenters. The molecule has 8 heteroatoms. The fourth-order valence-electron chi connectivity index (χ4n) is 2.81. The van der Waals surface area contributed by atoms with Crippen molar-refractivity contribution in [3.8, 4) is 0 Å². The number of benzene rings is 1. The lowest BCUT2D eigenvalue weighted by atomic mass is 10.2. The molecule has 0 N–H and O–H groups in total. The Labute approximate surface area is 126 Å². The van der Waals surface area contributed by atoms with Crippen LogP contribution in [0.1, 0.15) is 6.42 Å². The van der Waals surface area contributed by atoms with Gasteiger partial charge in [0, 0.05) is 25.2 Å². The molecule has 8 nitrogen and oxygen atoms in total. The van der Waals surface area contributed by atoms with E-state index >= 15 is 0 Å². The zero-order valence-electron chi connectivity index (χ0n) is 11.8. The van der Waals surface area contributed by atoms with Crippen LogP contribution in [0.4, 0.5) is 11.4 Å². The van der Waals surface area contributed by atoms with Crippen LogP contribution in [-0.2, 0) is 14.3 Å². The fraction of sp³-hybridized carbons (Fsp3) is 0.429. The van der Waals surface area contributed by atoms with E-state index in [0.717, 1.165) is 4.90 Å². The van der Waals surface area contributed by atoms with Crippen molar-refractivity contribution < 1.29 is 19.2 Å². The summed E-state index contributed by atoms with van der Waals surface area (Å²) in [6.07, 6.45) is 0.0987. The highest BCUT2D eigenvalue weighted by atomic mass is 16.6. The largest absolute Gasteiger partial charge is 0.379 e. The molecule has 1 aromatic rings. The molecule has 0 spiro atoms. The van der Waals surface area contributed by atoms with Crippen molar-refractivity contribution in [3.63, 3.8) is 0 Å². The van der Waals surface area contributed by atoms with Crippen molar-refractivity contribution in [2.24, 2.45) is 0 Å². The van der Waals surface area contributed by atoms with Crippen molar-refractivity contribution in [2.45, 2.75) is 12.5 Å². The molecule has 3 rings (SSSR count). The Morgan fingerprint density at radius 2 is 1.95 bits per heavy atom.